The number of piperidine rings is 1. The maximum Gasteiger partial charge on any atom is 0.145 e. The molecule has 0 atom stereocenters. The quantitative estimate of drug-likeness (QED) is 0.368. The summed E-state index contributed by atoms with van der Waals surface area (Å²) in [5.41, 5.74) is 3.57. The molecular weight excluding hydrogens is 454 g/mol. The second-order valence-electron chi connectivity index (χ2n) is 9.08. The maximum atomic E-state index is 6.50. The van der Waals surface area contributed by atoms with E-state index in [9.17, 15) is 0 Å². The highest BCUT2D eigenvalue weighted by Crippen LogP contribution is 2.37. The molecule has 1 N–H and O–H groups in total. The molecule has 0 aliphatic carbocycles. The third kappa shape index (κ3) is 5.49. The molecule has 0 spiro atoms. The second kappa shape index (κ2) is 10.8. The van der Waals surface area contributed by atoms with Gasteiger partial charge in [-0.05, 0) is 62.7 Å². The molecule has 0 amide bonds. The van der Waals surface area contributed by atoms with Crippen LogP contribution in [-0.2, 0) is 6.61 Å². The Morgan fingerprint density at radius 3 is 2.61 bits per heavy atom. The van der Waals surface area contributed by atoms with Gasteiger partial charge < -0.3 is 24.4 Å². The highest BCUT2D eigenvalue weighted by atomic mass is 16.5. The maximum absolute atomic E-state index is 6.50. The van der Waals surface area contributed by atoms with Crippen molar-refractivity contribution in [2.75, 3.05) is 32.6 Å². The Bertz CT molecular complexity index is 1320. The Morgan fingerprint density at radius 2 is 1.86 bits per heavy atom. The van der Waals surface area contributed by atoms with Gasteiger partial charge in [0.25, 0.3) is 0 Å². The summed E-state index contributed by atoms with van der Waals surface area (Å²) in [6.45, 7) is 4.48. The molecule has 186 valence electrons. The molecule has 1 fully saturated rings. The van der Waals surface area contributed by atoms with E-state index in [0.29, 0.717) is 18.2 Å². The van der Waals surface area contributed by atoms with Gasteiger partial charge in [-0.15, -0.1) is 0 Å². The van der Waals surface area contributed by atoms with Crippen LogP contribution in [0, 0.1) is 6.92 Å². The van der Waals surface area contributed by atoms with Gasteiger partial charge in [0.1, 0.15) is 42.1 Å². The number of hydrogen-bond acceptors (Lipinski definition) is 8. The number of fused-ring (bicyclic) bond motifs is 1. The monoisotopic (exact) mass is 485 g/mol. The molecule has 0 radical (unpaired) electrons. The van der Waals surface area contributed by atoms with Gasteiger partial charge in [0, 0.05) is 37.1 Å². The fraction of sp³-hybridized carbons (Fsp3) is 0.321. The van der Waals surface area contributed by atoms with Crippen LogP contribution in [0.15, 0.2) is 61.1 Å². The number of pyridine rings is 1. The van der Waals surface area contributed by atoms with Crippen LogP contribution in [0.4, 0.5) is 11.5 Å². The molecule has 0 unspecified atom stereocenters. The predicted molar refractivity (Wildman–Crippen MR) is 140 cm³/mol. The number of aromatic nitrogens is 3. The first-order chi connectivity index (χ1) is 17.6. The average molecular weight is 486 g/mol. The van der Waals surface area contributed by atoms with Crippen LogP contribution in [-0.4, -0.2) is 53.2 Å². The summed E-state index contributed by atoms with van der Waals surface area (Å²) in [5, 5.41) is 4.30. The van der Waals surface area contributed by atoms with E-state index in [0.717, 1.165) is 65.3 Å². The number of likely N-dealkylation sites (tertiary alicyclic amines) is 1. The summed E-state index contributed by atoms with van der Waals surface area (Å²) in [4.78, 5) is 15.7. The number of methoxy groups -OCH3 is 1. The lowest BCUT2D eigenvalue weighted by Crippen LogP contribution is -2.35. The zero-order chi connectivity index (χ0) is 24.9. The number of anilines is 2. The normalized spacial score (nSPS) is 14.5. The van der Waals surface area contributed by atoms with E-state index in [1.54, 1.807) is 19.6 Å². The molecule has 1 saturated heterocycles. The van der Waals surface area contributed by atoms with E-state index in [1.807, 2.05) is 55.5 Å². The van der Waals surface area contributed by atoms with Crippen molar-refractivity contribution in [3.05, 3.63) is 72.3 Å². The van der Waals surface area contributed by atoms with Crippen molar-refractivity contribution in [3.8, 4) is 17.2 Å². The summed E-state index contributed by atoms with van der Waals surface area (Å²) < 4.78 is 18.0. The first-order valence-corrected chi connectivity index (χ1v) is 12.2. The van der Waals surface area contributed by atoms with Gasteiger partial charge in [0.2, 0.25) is 0 Å². The van der Waals surface area contributed by atoms with E-state index < -0.39 is 0 Å². The lowest BCUT2D eigenvalue weighted by Gasteiger charge is -2.29. The molecule has 1 aliphatic heterocycles. The Hall–Kier alpha value is -3.91. The van der Waals surface area contributed by atoms with Gasteiger partial charge in [-0.25, -0.2) is 9.97 Å². The average Bonchev–Trinajstić information content (AvgIpc) is 2.90. The number of nitrogens with one attached hydrogen (secondary N) is 1. The van der Waals surface area contributed by atoms with Crippen molar-refractivity contribution in [1.82, 2.24) is 19.9 Å². The third-order valence-corrected chi connectivity index (χ3v) is 6.41. The lowest BCUT2D eigenvalue weighted by molar-refractivity contribution is 0.115. The molecule has 1 aliphatic rings. The molecule has 3 heterocycles. The van der Waals surface area contributed by atoms with Crippen LogP contribution in [0.1, 0.15) is 24.1 Å². The van der Waals surface area contributed by atoms with Crippen LogP contribution >= 0.6 is 0 Å². The molecule has 8 nitrogen and oxygen atoms in total. The minimum Gasteiger partial charge on any atom is -0.497 e. The van der Waals surface area contributed by atoms with Crippen molar-refractivity contribution >= 4 is 22.4 Å². The van der Waals surface area contributed by atoms with Crippen LogP contribution < -0.4 is 19.5 Å². The molecular formula is C28H31N5O3. The van der Waals surface area contributed by atoms with E-state index in [-0.39, 0.29) is 6.10 Å². The lowest BCUT2D eigenvalue weighted by atomic mass is 10.1. The Labute approximate surface area is 211 Å². The molecule has 0 saturated carbocycles. The first kappa shape index (κ1) is 23.8. The SMILES string of the molecule is COc1cc(OC2CCN(C)CC2)c2c(Nc3ccc(OCc4ccccn4)c(C)c3)ncnc2c1. The first-order valence-electron chi connectivity index (χ1n) is 12.2. The Morgan fingerprint density at radius 1 is 1.00 bits per heavy atom. The standard InChI is InChI=1S/C28H31N5O3/c1-19-14-20(7-8-25(19)35-17-21-6-4-5-11-29-21)32-28-27-24(30-18-31-28)15-23(34-3)16-26(27)36-22-9-12-33(2)13-10-22/h4-8,11,14-16,18,22H,9-10,12-13,17H2,1-3H3,(H,30,31,32). The predicted octanol–water partition coefficient (Wildman–Crippen LogP) is 5.14. The van der Waals surface area contributed by atoms with Crippen LogP contribution in [0.5, 0.6) is 17.2 Å². The molecule has 4 aromatic rings. The fourth-order valence-corrected chi connectivity index (χ4v) is 4.38. The Balaban J connectivity index is 1.40. The van der Waals surface area contributed by atoms with Crippen molar-refractivity contribution < 1.29 is 14.2 Å². The van der Waals surface area contributed by atoms with Crippen LogP contribution in [0.3, 0.4) is 0 Å². The van der Waals surface area contributed by atoms with Crippen LogP contribution in [0.25, 0.3) is 10.9 Å². The van der Waals surface area contributed by atoms with Crippen molar-refractivity contribution in [1.29, 1.82) is 0 Å². The number of hydrogen-bond donors (Lipinski definition) is 1. The summed E-state index contributed by atoms with van der Waals surface area (Å²) >= 11 is 0. The number of ether oxygens (including phenoxy) is 3. The van der Waals surface area contributed by atoms with E-state index in [1.165, 1.54) is 0 Å². The summed E-state index contributed by atoms with van der Waals surface area (Å²) in [7, 11) is 3.80. The summed E-state index contributed by atoms with van der Waals surface area (Å²) in [6, 6.07) is 15.6. The molecule has 8 heteroatoms. The van der Waals surface area contributed by atoms with Gasteiger partial charge in [0.05, 0.1) is 23.7 Å². The van der Waals surface area contributed by atoms with Crippen molar-refractivity contribution in [2.45, 2.75) is 32.5 Å². The second-order valence-corrected chi connectivity index (χ2v) is 9.08. The zero-order valence-electron chi connectivity index (χ0n) is 20.9. The van der Waals surface area contributed by atoms with Gasteiger partial charge in [0.15, 0.2) is 0 Å². The largest absolute Gasteiger partial charge is 0.497 e. The molecule has 2 aromatic heterocycles. The minimum atomic E-state index is 0.141. The topological polar surface area (TPSA) is 81.6 Å². The zero-order valence-corrected chi connectivity index (χ0v) is 20.9. The van der Waals surface area contributed by atoms with Crippen molar-refractivity contribution in [2.24, 2.45) is 0 Å². The van der Waals surface area contributed by atoms with Gasteiger partial charge in [-0.3, -0.25) is 4.98 Å². The summed E-state index contributed by atoms with van der Waals surface area (Å²) in [5.74, 6) is 2.94. The minimum absolute atomic E-state index is 0.141. The highest BCUT2D eigenvalue weighted by Gasteiger charge is 2.21. The van der Waals surface area contributed by atoms with E-state index in [2.05, 4.69) is 32.2 Å². The van der Waals surface area contributed by atoms with Gasteiger partial charge in [-0.2, -0.15) is 0 Å². The molecule has 36 heavy (non-hydrogen) atoms. The van der Waals surface area contributed by atoms with E-state index >= 15 is 0 Å². The number of aryl methyl sites for hydroxylation is 1. The fourth-order valence-electron chi connectivity index (χ4n) is 4.38. The number of nitrogens with zero attached hydrogens (tertiary/aromatic N) is 4. The molecule has 0 bridgehead atoms. The number of benzene rings is 2. The van der Waals surface area contributed by atoms with Crippen LogP contribution in [0.2, 0.25) is 0 Å². The number of rotatable bonds is 8. The van der Waals surface area contributed by atoms with E-state index in [4.69, 9.17) is 14.2 Å². The summed E-state index contributed by atoms with van der Waals surface area (Å²) in [6.07, 6.45) is 5.42. The highest BCUT2D eigenvalue weighted by molar-refractivity contribution is 5.96. The van der Waals surface area contributed by atoms with Gasteiger partial charge >= 0.3 is 0 Å². The Kier molecular flexibility index (Phi) is 7.13. The van der Waals surface area contributed by atoms with Gasteiger partial charge in [-0.1, -0.05) is 6.07 Å². The smallest absolute Gasteiger partial charge is 0.145 e. The third-order valence-electron chi connectivity index (χ3n) is 6.41. The van der Waals surface area contributed by atoms with Crippen molar-refractivity contribution in [3.63, 3.8) is 0 Å². The molecule has 2 aromatic carbocycles. The molecule has 5 rings (SSSR count).